The molecule has 9 heteroatoms. The Morgan fingerprint density at radius 2 is 2.14 bits per heavy atom. The predicted octanol–water partition coefficient (Wildman–Crippen LogP) is 0.214. The first-order valence-corrected chi connectivity index (χ1v) is 8.28. The molecule has 21 heavy (non-hydrogen) atoms. The Balaban J connectivity index is 2.13. The molecular weight excluding hydrogens is 292 g/mol. The molecule has 0 aliphatic rings. The van der Waals surface area contributed by atoms with Crippen molar-refractivity contribution in [2.75, 3.05) is 6.54 Å². The lowest BCUT2D eigenvalue weighted by Gasteiger charge is -2.05. The molecule has 0 radical (unpaired) electrons. The van der Waals surface area contributed by atoms with Gasteiger partial charge in [-0.2, -0.15) is 5.10 Å². The van der Waals surface area contributed by atoms with Crippen LogP contribution in [0.25, 0.3) is 0 Å². The largest absolute Gasteiger partial charge is 0.349 e. The van der Waals surface area contributed by atoms with Crippen molar-refractivity contribution in [2.24, 2.45) is 0 Å². The molecule has 0 spiro atoms. The average molecular weight is 312 g/mol. The molecule has 2 rings (SSSR count). The van der Waals surface area contributed by atoms with E-state index >= 15 is 0 Å². The van der Waals surface area contributed by atoms with Crippen molar-refractivity contribution in [3.8, 4) is 0 Å². The van der Waals surface area contributed by atoms with Gasteiger partial charge in [0.05, 0.1) is 11.4 Å². The summed E-state index contributed by atoms with van der Waals surface area (Å²) in [6.07, 6.45) is 2.99. The first kappa shape index (κ1) is 15.7. The fourth-order valence-electron chi connectivity index (χ4n) is 1.93. The zero-order valence-electron chi connectivity index (χ0n) is 12.1. The molecule has 0 saturated heterocycles. The van der Waals surface area contributed by atoms with Crippen LogP contribution >= 0.6 is 0 Å². The van der Waals surface area contributed by atoms with Gasteiger partial charge in [0.2, 0.25) is 10.0 Å². The van der Waals surface area contributed by atoms with Crippen LogP contribution in [0.4, 0.5) is 0 Å². The monoisotopic (exact) mass is 312 g/mol. The topological polar surface area (TPSA) is 105 Å². The van der Waals surface area contributed by atoms with Gasteiger partial charge >= 0.3 is 0 Å². The molecule has 2 heterocycles. The Bertz CT molecular complexity index is 662. The summed E-state index contributed by atoms with van der Waals surface area (Å²) in [7, 11) is -3.56. The van der Waals surface area contributed by atoms with E-state index in [4.69, 9.17) is 0 Å². The van der Waals surface area contributed by atoms with Gasteiger partial charge in [-0.3, -0.25) is 5.10 Å². The second kappa shape index (κ2) is 6.83. The minimum atomic E-state index is -3.56. The molecule has 3 N–H and O–H groups in total. The number of nitrogens with one attached hydrogen (secondary N) is 3. The van der Waals surface area contributed by atoms with Crippen LogP contribution in [0.5, 0.6) is 0 Å². The smallest absolute Gasteiger partial charge is 0.242 e. The molecule has 2 aromatic rings. The normalized spacial score (nSPS) is 11.9. The van der Waals surface area contributed by atoms with Crippen LogP contribution in [-0.4, -0.2) is 34.7 Å². The molecule has 0 aliphatic heterocycles. The SMILES string of the molecule is CCNCc1cc(S(=O)(=O)NCc2ncn[nH]2)cn1CC. The zero-order chi connectivity index (χ0) is 15.3. The highest BCUT2D eigenvalue weighted by Gasteiger charge is 2.18. The summed E-state index contributed by atoms with van der Waals surface area (Å²) in [6.45, 7) is 6.27. The van der Waals surface area contributed by atoms with Gasteiger partial charge in [-0.15, -0.1) is 0 Å². The first-order chi connectivity index (χ1) is 10.1. The van der Waals surface area contributed by atoms with E-state index in [9.17, 15) is 8.42 Å². The van der Waals surface area contributed by atoms with Crippen LogP contribution in [0.3, 0.4) is 0 Å². The Labute approximate surface area is 124 Å². The summed E-state index contributed by atoms with van der Waals surface area (Å²) < 4.78 is 29.0. The van der Waals surface area contributed by atoms with E-state index in [-0.39, 0.29) is 11.4 Å². The third-order valence-electron chi connectivity index (χ3n) is 3.06. The highest BCUT2D eigenvalue weighted by atomic mass is 32.2. The maximum atomic E-state index is 12.3. The lowest BCUT2D eigenvalue weighted by atomic mass is 10.4. The fraction of sp³-hybridized carbons (Fsp3) is 0.500. The summed E-state index contributed by atoms with van der Waals surface area (Å²) >= 11 is 0. The predicted molar refractivity (Wildman–Crippen MR) is 77.9 cm³/mol. The molecule has 2 aromatic heterocycles. The number of H-pyrrole nitrogens is 1. The van der Waals surface area contributed by atoms with Crippen molar-refractivity contribution in [3.63, 3.8) is 0 Å². The van der Waals surface area contributed by atoms with Gasteiger partial charge in [0.15, 0.2) is 0 Å². The summed E-state index contributed by atoms with van der Waals surface area (Å²) in [4.78, 5) is 4.14. The first-order valence-electron chi connectivity index (χ1n) is 6.80. The molecule has 0 aliphatic carbocycles. The third kappa shape index (κ3) is 3.90. The molecule has 8 nitrogen and oxygen atoms in total. The van der Waals surface area contributed by atoms with E-state index in [1.807, 2.05) is 18.4 Å². The Kier molecular flexibility index (Phi) is 5.10. The maximum Gasteiger partial charge on any atom is 0.242 e. The molecule has 0 aromatic carbocycles. The summed E-state index contributed by atoms with van der Waals surface area (Å²) in [5.41, 5.74) is 0.944. The van der Waals surface area contributed by atoms with E-state index in [1.54, 1.807) is 12.3 Å². The van der Waals surface area contributed by atoms with Crippen molar-refractivity contribution in [1.82, 2.24) is 29.8 Å². The van der Waals surface area contributed by atoms with Gasteiger partial charge in [0, 0.05) is 25.0 Å². The van der Waals surface area contributed by atoms with Crippen LogP contribution in [0, 0.1) is 0 Å². The van der Waals surface area contributed by atoms with Crippen molar-refractivity contribution in [2.45, 2.75) is 38.4 Å². The number of rotatable bonds is 8. The quantitative estimate of drug-likeness (QED) is 0.646. The highest BCUT2D eigenvalue weighted by molar-refractivity contribution is 7.89. The van der Waals surface area contributed by atoms with E-state index in [0.717, 1.165) is 18.8 Å². The van der Waals surface area contributed by atoms with Crippen LogP contribution in [0.15, 0.2) is 23.5 Å². The second-order valence-corrected chi connectivity index (χ2v) is 6.26. The highest BCUT2D eigenvalue weighted by Crippen LogP contribution is 2.14. The van der Waals surface area contributed by atoms with E-state index in [1.165, 1.54) is 6.33 Å². The Morgan fingerprint density at radius 3 is 2.76 bits per heavy atom. The van der Waals surface area contributed by atoms with Gasteiger partial charge in [-0.05, 0) is 19.5 Å². The van der Waals surface area contributed by atoms with Gasteiger partial charge < -0.3 is 9.88 Å². The Hall–Kier alpha value is -1.71. The van der Waals surface area contributed by atoms with Gasteiger partial charge in [-0.1, -0.05) is 6.92 Å². The van der Waals surface area contributed by atoms with Gasteiger partial charge in [0.25, 0.3) is 0 Å². The summed E-state index contributed by atoms with van der Waals surface area (Å²) in [6, 6.07) is 1.69. The van der Waals surface area contributed by atoms with Crippen LogP contribution in [0.2, 0.25) is 0 Å². The fourth-order valence-corrected chi connectivity index (χ4v) is 2.98. The maximum absolute atomic E-state index is 12.3. The molecule has 0 amide bonds. The van der Waals surface area contributed by atoms with Crippen molar-refractivity contribution in [1.29, 1.82) is 0 Å². The van der Waals surface area contributed by atoms with Crippen molar-refractivity contribution in [3.05, 3.63) is 30.1 Å². The average Bonchev–Trinajstić information content (AvgIpc) is 3.12. The van der Waals surface area contributed by atoms with Crippen LogP contribution < -0.4 is 10.0 Å². The minimum Gasteiger partial charge on any atom is -0.349 e. The number of sulfonamides is 1. The van der Waals surface area contributed by atoms with Crippen molar-refractivity contribution < 1.29 is 8.42 Å². The molecule has 0 saturated carbocycles. The molecule has 0 atom stereocenters. The number of aryl methyl sites for hydroxylation is 1. The molecular formula is C12H20N6O2S. The lowest BCUT2D eigenvalue weighted by molar-refractivity contribution is 0.579. The number of hydrogen-bond donors (Lipinski definition) is 3. The molecule has 116 valence electrons. The van der Waals surface area contributed by atoms with Crippen LogP contribution in [-0.2, 0) is 29.7 Å². The minimum absolute atomic E-state index is 0.0855. The second-order valence-electron chi connectivity index (χ2n) is 4.49. The molecule has 0 unspecified atom stereocenters. The summed E-state index contributed by atoms with van der Waals surface area (Å²) in [5.74, 6) is 0.473. The van der Waals surface area contributed by atoms with Gasteiger partial charge in [0.1, 0.15) is 12.2 Å². The lowest BCUT2D eigenvalue weighted by Crippen LogP contribution is -2.23. The number of aromatic nitrogens is 4. The van der Waals surface area contributed by atoms with E-state index < -0.39 is 10.0 Å². The standard InChI is InChI=1S/C12H20N6O2S/c1-3-13-6-10-5-11(8-18(10)4-2)21(19,20)16-7-12-14-9-15-17-12/h5,8-9,13,16H,3-4,6-7H2,1-2H3,(H,14,15,17). The third-order valence-corrected chi connectivity index (χ3v) is 4.43. The van der Waals surface area contributed by atoms with Crippen LogP contribution in [0.1, 0.15) is 25.4 Å². The van der Waals surface area contributed by atoms with E-state index in [2.05, 4.69) is 25.2 Å². The Morgan fingerprint density at radius 1 is 1.33 bits per heavy atom. The number of aromatic amines is 1. The number of hydrogen-bond acceptors (Lipinski definition) is 5. The van der Waals surface area contributed by atoms with E-state index in [0.29, 0.717) is 12.4 Å². The molecule has 0 bridgehead atoms. The van der Waals surface area contributed by atoms with Gasteiger partial charge in [-0.25, -0.2) is 18.1 Å². The number of nitrogens with zero attached hydrogens (tertiary/aromatic N) is 3. The zero-order valence-corrected chi connectivity index (χ0v) is 12.9. The summed E-state index contributed by atoms with van der Waals surface area (Å²) in [5, 5.41) is 9.49. The van der Waals surface area contributed by atoms with Crippen molar-refractivity contribution >= 4 is 10.0 Å². The molecule has 0 fully saturated rings.